The van der Waals surface area contributed by atoms with Crippen LogP contribution in [0.4, 0.5) is 11.5 Å². The van der Waals surface area contributed by atoms with Gasteiger partial charge in [-0.2, -0.15) is 0 Å². The number of H-pyrrole nitrogens is 2. The van der Waals surface area contributed by atoms with Gasteiger partial charge in [0.2, 0.25) is 0 Å². The molecule has 16 heavy (non-hydrogen) atoms. The Kier molecular flexibility index (Phi) is 2.91. The average molecular weight is 282 g/mol. The first-order chi connectivity index (χ1) is 7.63. The van der Waals surface area contributed by atoms with Gasteiger partial charge >= 0.3 is 5.69 Å². The van der Waals surface area contributed by atoms with Crippen LogP contribution in [0.2, 0.25) is 0 Å². The molecule has 0 amide bonds. The Morgan fingerprint density at radius 1 is 1.12 bits per heavy atom. The third-order valence-corrected chi connectivity index (χ3v) is 2.36. The summed E-state index contributed by atoms with van der Waals surface area (Å²) in [6.45, 7) is 0. The number of aromatic nitrogens is 2. The maximum absolute atomic E-state index is 11.0. The van der Waals surface area contributed by atoms with Crippen LogP contribution in [-0.2, 0) is 0 Å². The van der Waals surface area contributed by atoms with Crippen LogP contribution in [0.25, 0.3) is 0 Å². The van der Waals surface area contributed by atoms with Crippen LogP contribution in [0.1, 0.15) is 0 Å². The van der Waals surface area contributed by atoms with Gasteiger partial charge in [-0.3, -0.25) is 14.8 Å². The molecule has 0 atom stereocenters. The van der Waals surface area contributed by atoms with E-state index in [2.05, 4.69) is 31.2 Å². The third-order valence-electron chi connectivity index (χ3n) is 1.86. The van der Waals surface area contributed by atoms with Crippen molar-refractivity contribution in [2.45, 2.75) is 0 Å². The number of nitrogens with one attached hydrogen (secondary N) is 3. The number of rotatable bonds is 2. The summed E-state index contributed by atoms with van der Waals surface area (Å²) in [4.78, 5) is 26.6. The second-order valence-electron chi connectivity index (χ2n) is 3.14. The highest BCUT2D eigenvalue weighted by Gasteiger charge is 1.97. The second kappa shape index (κ2) is 4.36. The van der Waals surface area contributed by atoms with Gasteiger partial charge in [0.05, 0.1) is 0 Å². The summed E-state index contributed by atoms with van der Waals surface area (Å²) in [5, 5.41) is 2.92. The van der Waals surface area contributed by atoms with Crippen LogP contribution in [0.15, 0.2) is 44.4 Å². The molecule has 0 radical (unpaired) electrons. The van der Waals surface area contributed by atoms with E-state index in [-0.39, 0.29) is 0 Å². The van der Waals surface area contributed by atoms with Crippen LogP contribution >= 0.6 is 15.9 Å². The van der Waals surface area contributed by atoms with Gasteiger partial charge in [-0.25, -0.2) is 4.79 Å². The minimum Gasteiger partial charge on any atom is -0.341 e. The Morgan fingerprint density at radius 3 is 2.62 bits per heavy atom. The highest BCUT2D eigenvalue weighted by Crippen LogP contribution is 2.17. The number of aromatic amines is 2. The number of benzene rings is 1. The zero-order chi connectivity index (χ0) is 11.5. The zero-order valence-electron chi connectivity index (χ0n) is 8.08. The normalized spacial score (nSPS) is 10.1. The summed E-state index contributed by atoms with van der Waals surface area (Å²) in [5.74, 6) is 0.354. The second-order valence-corrected chi connectivity index (χ2v) is 4.05. The van der Waals surface area contributed by atoms with Crippen LogP contribution < -0.4 is 16.6 Å². The molecule has 0 aliphatic carbocycles. The minimum absolute atomic E-state index is 0.354. The fourth-order valence-electron chi connectivity index (χ4n) is 1.26. The van der Waals surface area contributed by atoms with Gasteiger partial charge < -0.3 is 5.32 Å². The molecule has 5 nitrogen and oxygen atoms in total. The molecule has 2 aromatic rings. The molecule has 0 saturated heterocycles. The lowest BCUT2D eigenvalue weighted by atomic mass is 10.3. The Balaban J connectivity index is 2.34. The summed E-state index contributed by atoms with van der Waals surface area (Å²) in [6.07, 6.45) is 0. The molecule has 0 aliphatic rings. The molecule has 0 unspecified atom stereocenters. The molecule has 3 N–H and O–H groups in total. The van der Waals surface area contributed by atoms with E-state index in [1.807, 2.05) is 24.3 Å². The Bertz CT molecular complexity index is 589. The molecule has 1 heterocycles. The Labute approximate surface area is 98.7 Å². The quantitative estimate of drug-likeness (QED) is 0.782. The fraction of sp³-hybridized carbons (Fsp3) is 0. The molecule has 6 heteroatoms. The molecule has 1 aromatic carbocycles. The van der Waals surface area contributed by atoms with E-state index in [1.165, 1.54) is 6.07 Å². The molecule has 2 rings (SSSR count). The predicted molar refractivity (Wildman–Crippen MR) is 65.1 cm³/mol. The topological polar surface area (TPSA) is 77.8 Å². The van der Waals surface area contributed by atoms with Crippen molar-refractivity contribution in [1.82, 2.24) is 9.97 Å². The Hall–Kier alpha value is -1.82. The number of anilines is 2. The van der Waals surface area contributed by atoms with E-state index >= 15 is 0 Å². The van der Waals surface area contributed by atoms with Gasteiger partial charge in [-0.15, -0.1) is 0 Å². The molecule has 0 bridgehead atoms. The van der Waals surface area contributed by atoms with Crippen LogP contribution in [0, 0.1) is 0 Å². The zero-order valence-corrected chi connectivity index (χ0v) is 9.67. The molecular weight excluding hydrogens is 274 g/mol. The summed E-state index contributed by atoms with van der Waals surface area (Å²) < 4.78 is 0.907. The average Bonchev–Trinajstić information content (AvgIpc) is 2.15. The lowest BCUT2D eigenvalue weighted by Crippen LogP contribution is -2.22. The smallest absolute Gasteiger partial charge is 0.327 e. The highest BCUT2D eigenvalue weighted by molar-refractivity contribution is 9.10. The van der Waals surface area contributed by atoms with Crippen molar-refractivity contribution in [3.05, 3.63) is 55.6 Å². The fourth-order valence-corrected chi connectivity index (χ4v) is 1.66. The van der Waals surface area contributed by atoms with Crippen molar-refractivity contribution < 1.29 is 0 Å². The van der Waals surface area contributed by atoms with Crippen LogP contribution in [0.3, 0.4) is 0 Å². The lowest BCUT2D eigenvalue weighted by molar-refractivity contribution is 1.04. The van der Waals surface area contributed by atoms with Crippen molar-refractivity contribution in [2.75, 3.05) is 5.32 Å². The van der Waals surface area contributed by atoms with Crippen LogP contribution in [0.5, 0.6) is 0 Å². The maximum Gasteiger partial charge on any atom is 0.327 e. The van der Waals surface area contributed by atoms with E-state index in [9.17, 15) is 9.59 Å². The van der Waals surface area contributed by atoms with E-state index in [4.69, 9.17) is 0 Å². The summed E-state index contributed by atoms with van der Waals surface area (Å²) >= 11 is 3.32. The van der Waals surface area contributed by atoms with Crippen molar-refractivity contribution in [3.63, 3.8) is 0 Å². The largest absolute Gasteiger partial charge is 0.341 e. The van der Waals surface area contributed by atoms with Gasteiger partial charge in [0, 0.05) is 16.2 Å². The first kappa shape index (κ1) is 10.7. The minimum atomic E-state index is -0.537. The number of hydrogen-bond donors (Lipinski definition) is 3. The molecule has 0 aliphatic heterocycles. The molecule has 0 fully saturated rings. The molecule has 0 saturated carbocycles. The maximum atomic E-state index is 11.0. The standard InChI is InChI=1S/C10H8BrN3O2/c11-6-2-1-3-7(4-6)12-8-5-9(15)14-10(16)13-8/h1-5H,(H3,12,13,14,15,16). The first-order valence-corrected chi connectivity index (χ1v) is 5.29. The summed E-state index contributed by atoms with van der Waals surface area (Å²) in [5.41, 5.74) is -0.207. The SMILES string of the molecule is O=c1cc(Nc2cccc(Br)c2)[nH]c(=O)[nH]1. The Morgan fingerprint density at radius 2 is 1.94 bits per heavy atom. The van der Waals surface area contributed by atoms with Crippen molar-refractivity contribution in [1.29, 1.82) is 0 Å². The molecule has 82 valence electrons. The van der Waals surface area contributed by atoms with E-state index in [1.54, 1.807) is 0 Å². The van der Waals surface area contributed by atoms with E-state index in [0.717, 1.165) is 10.2 Å². The van der Waals surface area contributed by atoms with Gasteiger partial charge in [0.25, 0.3) is 5.56 Å². The van der Waals surface area contributed by atoms with Crippen molar-refractivity contribution in [3.8, 4) is 0 Å². The van der Waals surface area contributed by atoms with Crippen molar-refractivity contribution in [2.24, 2.45) is 0 Å². The number of halogens is 1. The molecule has 0 spiro atoms. The van der Waals surface area contributed by atoms with Crippen molar-refractivity contribution >= 4 is 27.4 Å². The predicted octanol–water partition coefficient (Wildman–Crippen LogP) is 1.57. The van der Waals surface area contributed by atoms with Gasteiger partial charge in [0.15, 0.2) is 0 Å². The lowest BCUT2D eigenvalue weighted by Gasteiger charge is -2.05. The van der Waals surface area contributed by atoms with Gasteiger partial charge in [-0.1, -0.05) is 22.0 Å². The first-order valence-electron chi connectivity index (χ1n) is 4.50. The number of hydrogen-bond acceptors (Lipinski definition) is 3. The van der Waals surface area contributed by atoms with Gasteiger partial charge in [-0.05, 0) is 18.2 Å². The third kappa shape index (κ3) is 2.60. The van der Waals surface area contributed by atoms with Crippen LogP contribution in [-0.4, -0.2) is 9.97 Å². The monoisotopic (exact) mass is 281 g/mol. The molecule has 1 aromatic heterocycles. The summed E-state index contributed by atoms with van der Waals surface area (Å²) in [6, 6.07) is 8.66. The molecular formula is C10H8BrN3O2. The summed E-state index contributed by atoms with van der Waals surface area (Å²) in [7, 11) is 0. The van der Waals surface area contributed by atoms with E-state index < -0.39 is 11.2 Å². The highest BCUT2D eigenvalue weighted by atomic mass is 79.9. The van der Waals surface area contributed by atoms with Gasteiger partial charge in [0.1, 0.15) is 5.82 Å². The van der Waals surface area contributed by atoms with E-state index in [0.29, 0.717) is 5.82 Å².